The molecule has 2 aromatic carbocycles. The van der Waals surface area contributed by atoms with Crippen molar-refractivity contribution in [3.8, 4) is 11.8 Å². The first-order valence-corrected chi connectivity index (χ1v) is 10.0. The number of nitrogens with one attached hydrogen (secondary N) is 1. The predicted octanol–water partition coefficient (Wildman–Crippen LogP) is 3.12. The van der Waals surface area contributed by atoms with Crippen molar-refractivity contribution < 1.29 is 18.1 Å². The molecule has 148 valence electrons. The number of nitrogens with zero attached hydrogens (tertiary/aromatic N) is 2. The number of nitriles is 1. The summed E-state index contributed by atoms with van der Waals surface area (Å²) in [7, 11) is -2.62. The standard InChI is InChI=1S/C19H21N3O5S/c1-13(2)16-6-5-15(17(11-16)22(23)24)8-9-21-28(25,26)19-10-14(12-20)4-7-18(19)27-3/h4-7,10-11,13,21H,8-9H2,1-3H3. The molecule has 0 bridgehead atoms. The first-order valence-electron chi connectivity index (χ1n) is 8.54. The average Bonchev–Trinajstić information content (AvgIpc) is 2.67. The predicted molar refractivity (Wildman–Crippen MR) is 104 cm³/mol. The molecule has 0 aromatic heterocycles. The van der Waals surface area contributed by atoms with Crippen molar-refractivity contribution in [2.75, 3.05) is 13.7 Å². The van der Waals surface area contributed by atoms with Crippen molar-refractivity contribution in [2.45, 2.75) is 31.1 Å². The van der Waals surface area contributed by atoms with E-state index in [4.69, 9.17) is 10.00 Å². The minimum absolute atomic E-state index is 0.0329. The van der Waals surface area contributed by atoms with Gasteiger partial charge in [0.05, 0.1) is 23.7 Å². The van der Waals surface area contributed by atoms with Crippen molar-refractivity contribution in [1.82, 2.24) is 4.72 Å². The molecule has 0 heterocycles. The van der Waals surface area contributed by atoms with Gasteiger partial charge >= 0.3 is 0 Å². The molecule has 2 rings (SSSR count). The molecule has 0 aliphatic rings. The number of ether oxygens (including phenoxy) is 1. The summed E-state index contributed by atoms with van der Waals surface area (Å²) in [5, 5.41) is 20.3. The number of sulfonamides is 1. The van der Waals surface area contributed by atoms with Crippen LogP contribution in [0.5, 0.6) is 5.75 Å². The van der Waals surface area contributed by atoms with Crippen molar-refractivity contribution in [2.24, 2.45) is 0 Å². The maximum Gasteiger partial charge on any atom is 0.272 e. The number of nitro groups is 1. The molecule has 0 amide bonds. The molecular formula is C19H21N3O5S. The first kappa shape index (κ1) is 21.3. The van der Waals surface area contributed by atoms with E-state index in [1.165, 1.54) is 31.4 Å². The summed E-state index contributed by atoms with van der Waals surface area (Å²) in [6.45, 7) is 3.84. The maximum absolute atomic E-state index is 12.6. The molecular weight excluding hydrogens is 382 g/mol. The summed E-state index contributed by atoms with van der Waals surface area (Å²) in [4.78, 5) is 10.7. The van der Waals surface area contributed by atoms with Crippen LogP contribution in [0, 0.1) is 21.4 Å². The van der Waals surface area contributed by atoms with Crippen molar-refractivity contribution in [3.05, 3.63) is 63.2 Å². The first-order chi connectivity index (χ1) is 13.2. The van der Waals surface area contributed by atoms with Crippen LogP contribution in [0.15, 0.2) is 41.3 Å². The number of methoxy groups -OCH3 is 1. The lowest BCUT2D eigenvalue weighted by atomic mass is 9.99. The van der Waals surface area contributed by atoms with E-state index in [-0.39, 0.29) is 40.8 Å². The van der Waals surface area contributed by atoms with Gasteiger partial charge in [0.1, 0.15) is 10.6 Å². The van der Waals surface area contributed by atoms with E-state index in [0.29, 0.717) is 5.56 Å². The van der Waals surface area contributed by atoms with Crippen LogP contribution in [0.3, 0.4) is 0 Å². The minimum Gasteiger partial charge on any atom is -0.495 e. The zero-order valence-corrected chi connectivity index (χ0v) is 16.6. The van der Waals surface area contributed by atoms with E-state index < -0.39 is 14.9 Å². The Bertz CT molecular complexity index is 1030. The summed E-state index contributed by atoms with van der Waals surface area (Å²) in [6.07, 6.45) is 0.147. The normalized spacial score (nSPS) is 11.2. The fraction of sp³-hybridized carbons (Fsp3) is 0.316. The quantitative estimate of drug-likeness (QED) is 0.534. The molecule has 0 spiro atoms. The second kappa shape index (κ2) is 8.82. The summed E-state index contributed by atoms with van der Waals surface area (Å²) >= 11 is 0. The van der Waals surface area contributed by atoms with Crippen LogP contribution in [0.2, 0.25) is 0 Å². The highest BCUT2D eigenvalue weighted by Gasteiger charge is 2.21. The van der Waals surface area contributed by atoms with Gasteiger partial charge in [-0.2, -0.15) is 5.26 Å². The number of rotatable bonds is 8. The average molecular weight is 403 g/mol. The van der Waals surface area contributed by atoms with Crippen LogP contribution in [-0.4, -0.2) is 27.0 Å². The topological polar surface area (TPSA) is 122 Å². The summed E-state index contributed by atoms with van der Waals surface area (Å²) in [5.74, 6) is 0.255. The number of hydrogen-bond donors (Lipinski definition) is 1. The Morgan fingerprint density at radius 3 is 2.54 bits per heavy atom. The lowest BCUT2D eigenvalue weighted by molar-refractivity contribution is -0.385. The minimum atomic E-state index is -3.96. The lowest BCUT2D eigenvalue weighted by Crippen LogP contribution is -2.26. The molecule has 0 aliphatic carbocycles. The van der Waals surface area contributed by atoms with Gasteiger partial charge in [-0.15, -0.1) is 0 Å². The molecule has 1 N–H and O–H groups in total. The molecule has 0 fully saturated rings. The van der Waals surface area contributed by atoms with Crippen molar-refractivity contribution >= 4 is 15.7 Å². The molecule has 0 saturated heterocycles. The van der Waals surface area contributed by atoms with Gasteiger partial charge in [0.2, 0.25) is 10.0 Å². The Kier molecular flexibility index (Phi) is 6.72. The largest absolute Gasteiger partial charge is 0.495 e. The number of hydrogen-bond acceptors (Lipinski definition) is 6. The van der Waals surface area contributed by atoms with Crippen LogP contribution >= 0.6 is 0 Å². The molecule has 0 radical (unpaired) electrons. The summed E-state index contributed by atoms with van der Waals surface area (Å²) < 4.78 is 32.7. The van der Waals surface area contributed by atoms with E-state index in [9.17, 15) is 18.5 Å². The monoisotopic (exact) mass is 403 g/mol. The van der Waals surface area contributed by atoms with Gasteiger partial charge < -0.3 is 4.74 Å². The second-order valence-electron chi connectivity index (χ2n) is 6.43. The Hall–Kier alpha value is -2.96. The maximum atomic E-state index is 12.6. The van der Waals surface area contributed by atoms with Crippen molar-refractivity contribution in [3.63, 3.8) is 0 Å². The molecule has 8 nitrogen and oxygen atoms in total. The Labute approximate surface area is 164 Å². The SMILES string of the molecule is COc1ccc(C#N)cc1S(=O)(=O)NCCc1ccc(C(C)C)cc1[N+](=O)[O-]. The Morgan fingerprint density at radius 2 is 1.96 bits per heavy atom. The zero-order chi connectivity index (χ0) is 20.9. The van der Waals surface area contributed by atoms with Gasteiger partial charge in [-0.1, -0.05) is 26.0 Å². The highest BCUT2D eigenvalue weighted by Crippen LogP contribution is 2.26. The van der Waals surface area contributed by atoms with Crippen LogP contribution in [0.25, 0.3) is 0 Å². The van der Waals surface area contributed by atoms with Crippen LogP contribution in [0.1, 0.15) is 36.5 Å². The van der Waals surface area contributed by atoms with Crippen molar-refractivity contribution in [1.29, 1.82) is 5.26 Å². The van der Waals surface area contributed by atoms with Gasteiger partial charge in [-0.25, -0.2) is 13.1 Å². The van der Waals surface area contributed by atoms with E-state index in [2.05, 4.69) is 4.72 Å². The molecule has 0 unspecified atom stereocenters. The van der Waals surface area contributed by atoms with E-state index in [0.717, 1.165) is 5.56 Å². The molecule has 9 heteroatoms. The van der Waals surface area contributed by atoms with Crippen LogP contribution in [-0.2, 0) is 16.4 Å². The van der Waals surface area contributed by atoms with Crippen LogP contribution < -0.4 is 9.46 Å². The zero-order valence-electron chi connectivity index (χ0n) is 15.8. The fourth-order valence-corrected chi connectivity index (χ4v) is 3.90. The molecule has 0 atom stereocenters. The number of nitro benzene ring substituents is 1. The third-order valence-corrected chi connectivity index (χ3v) is 5.72. The van der Waals surface area contributed by atoms with E-state index in [1.807, 2.05) is 19.9 Å². The third-order valence-electron chi connectivity index (χ3n) is 4.24. The third kappa shape index (κ3) is 4.85. The molecule has 2 aromatic rings. The molecule has 0 aliphatic heterocycles. The smallest absolute Gasteiger partial charge is 0.272 e. The highest BCUT2D eigenvalue weighted by molar-refractivity contribution is 7.89. The Balaban J connectivity index is 2.21. The van der Waals surface area contributed by atoms with Gasteiger partial charge in [-0.3, -0.25) is 10.1 Å². The fourth-order valence-electron chi connectivity index (χ4n) is 2.68. The highest BCUT2D eigenvalue weighted by atomic mass is 32.2. The van der Waals surface area contributed by atoms with Gasteiger partial charge in [0.15, 0.2) is 0 Å². The molecule has 0 saturated carbocycles. The van der Waals surface area contributed by atoms with E-state index in [1.54, 1.807) is 12.1 Å². The Morgan fingerprint density at radius 1 is 1.25 bits per heavy atom. The molecule has 28 heavy (non-hydrogen) atoms. The van der Waals surface area contributed by atoms with Gasteiger partial charge in [0.25, 0.3) is 5.69 Å². The lowest BCUT2D eigenvalue weighted by Gasteiger charge is -2.12. The van der Waals surface area contributed by atoms with E-state index >= 15 is 0 Å². The van der Waals surface area contributed by atoms with Gasteiger partial charge in [-0.05, 0) is 36.1 Å². The second-order valence-corrected chi connectivity index (χ2v) is 8.16. The van der Waals surface area contributed by atoms with Crippen LogP contribution in [0.4, 0.5) is 5.69 Å². The number of benzene rings is 2. The van der Waals surface area contributed by atoms with Gasteiger partial charge in [0, 0.05) is 18.2 Å². The summed E-state index contributed by atoms with van der Waals surface area (Å²) in [6, 6.07) is 10.9. The summed E-state index contributed by atoms with van der Waals surface area (Å²) in [5.41, 5.74) is 1.43.